The summed E-state index contributed by atoms with van der Waals surface area (Å²) < 4.78 is 18.4. The van der Waals surface area contributed by atoms with Crippen LogP contribution in [0.3, 0.4) is 0 Å². The smallest absolute Gasteiger partial charge is 0.312 e. The average Bonchev–Trinajstić information content (AvgIpc) is 2.69. The summed E-state index contributed by atoms with van der Waals surface area (Å²) in [6.45, 7) is 0. The molecular weight excluding hydrogens is 349 g/mol. The third kappa shape index (κ3) is 4.64. The Bertz CT molecular complexity index is 998. The Hall–Kier alpha value is -3.80. The number of nitro groups is 1. The molecule has 0 aliphatic rings. The second-order valence-corrected chi connectivity index (χ2v) is 5.60. The monoisotopic (exact) mass is 363 g/mol. The van der Waals surface area contributed by atoms with E-state index in [9.17, 15) is 19.3 Å². The zero-order chi connectivity index (χ0) is 19.2. The van der Waals surface area contributed by atoms with Gasteiger partial charge in [-0.25, -0.2) is 4.39 Å². The third-order valence-electron chi connectivity index (χ3n) is 3.71. The molecule has 0 saturated carbocycles. The minimum Gasteiger partial charge on any atom is -0.450 e. The fraction of sp³-hybridized carbons (Fsp3) is 0. The molecule has 134 valence electrons. The molecular formula is C21H14FNO4. The minimum absolute atomic E-state index is 0.0261. The first-order chi connectivity index (χ1) is 13.0. The molecule has 6 heteroatoms. The van der Waals surface area contributed by atoms with Gasteiger partial charge in [0.15, 0.2) is 5.78 Å². The predicted octanol–water partition coefficient (Wildman–Crippen LogP) is 5.42. The number of ketones is 1. The van der Waals surface area contributed by atoms with E-state index in [-0.39, 0.29) is 23.0 Å². The van der Waals surface area contributed by atoms with Crippen LogP contribution in [0.2, 0.25) is 0 Å². The summed E-state index contributed by atoms with van der Waals surface area (Å²) in [7, 11) is 0. The number of halogens is 1. The van der Waals surface area contributed by atoms with Crippen LogP contribution in [0.1, 0.15) is 15.9 Å². The van der Waals surface area contributed by atoms with Gasteiger partial charge in [-0.1, -0.05) is 42.5 Å². The number of hydrogen-bond acceptors (Lipinski definition) is 4. The lowest BCUT2D eigenvalue weighted by atomic mass is 10.1. The Morgan fingerprint density at radius 1 is 1.00 bits per heavy atom. The summed E-state index contributed by atoms with van der Waals surface area (Å²) in [6.07, 6.45) is 2.86. The summed E-state index contributed by atoms with van der Waals surface area (Å²) in [5, 5.41) is 11.4. The van der Waals surface area contributed by atoms with Gasteiger partial charge in [0.1, 0.15) is 11.6 Å². The summed E-state index contributed by atoms with van der Waals surface area (Å²) >= 11 is 0. The molecule has 5 nitrogen and oxygen atoms in total. The van der Waals surface area contributed by atoms with Gasteiger partial charge in [-0.05, 0) is 42.0 Å². The molecule has 0 radical (unpaired) electrons. The zero-order valence-corrected chi connectivity index (χ0v) is 14.0. The maximum Gasteiger partial charge on any atom is 0.312 e. The molecule has 0 saturated heterocycles. The normalized spacial score (nSPS) is 10.7. The number of carbonyl (C=O) groups is 1. The van der Waals surface area contributed by atoms with Crippen LogP contribution in [-0.4, -0.2) is 10.7 Å². The molecule has 0 aliphatic carbocycles. The lowest BCUT2D eigenvalue weighted by molar-refractivity contribution is -0.385. The molecule has 0 heterocycles. The SMILES string of the molecule is O=C(C=Cc1ccc(Oc2ccc(F)cc2)c([N+](=O)[O-])c1)c1ccccc1. The maximum absolute atomic E-state index is 13.0. The van der Waals surface area contributed by atoms with Crippen molar-refractivity contribution in [1.29, 1.82) is 0 Å². The molecule has 0 spiro atoms. The standard InChI is InChI=1S/C21H14FNO4/c22-17-8-10-18(11-9-17)27-21-13-7-15(14-19(21)23(25)26)6-12-20(24)16-4-2-1-3-5-16/h1-14H. The second-order valence-electron chi connectivity index (χ2n) is 5.60. The highest BCUT2D eigenvalue weighted by molar-refractivity contribution is 6.06. The largest absolute Gasteiger partial charge is 0.450 e. The van der Waals surface area contributed by atoms with Crippen molar-refractivity contribution in [3.05, 3.63) is 106 Å². The van der Waals surface area contributed by atoms with Crippen LogP contribution in [0.25, 0.3) is 6.08 Å². The van der Waals surface area contributed by atoms with Gasteiger partial charge in [-0.2, -0.15) is 0 Å². The van der Waals surface area contributed by atoms with Gasteiger partial charge in [-0.3, -0.25) is 14.9 Å². The lowest BCUT2D eigenvalue weighted by Gasteiger charge is -2.07. The molecule has 3 aromatic rings. The van der Waals surface area contributed by atoms with Crippen molar-refractivity contribution in [2.45, 2.75) is 0 Å². The summed E-state index contributed by atoms with van der Waals surface area (Å²) in [5.74, 6) is -0.328. The van der Waals surface area contributed by atoms with Crippen LogP contribution in [0.4, 0.5) is 10.1 Å². The van der Waals surface area contributed by atoms with Gasteiger partial charge < -0.3 is 4.74 Å². The molecule has 0 unspecified atom stereocenters. The first-order valence-electron chi connectivity index (χ1n) is 8.02. The molecule has 0 aliphatic heterocycles. The number of rotatable bonds is 6. The van der Waals surface area contributed by atoms with Crippen LogP contribution in [0.15, 0.2) is 78.9 Å². The Morgan fingerprint density at radius 2 is 1.70 bits per heavy atom. The van der Waals surface area contributed by atoms with Crippen LogP contribution in [0, 0.1) is 15.9 Å². The molecule has 27 heavy (non-hydrogen) atoms. The highest BCUT2D eigenvalue weighted by atomic mass is 19.1. The van der Waals surface area contributed by atoms with Crippen LogP contribution in [-0.2, 0) is 0 Å². The second kappa shape index (κ2) is 8.05. The van der Waals surface area contributed by atoms with Gasteiger partial charge >= 0.3 is 5.69 Å². The molecule has 0 atom stereocenters. The number of carbonyl (C=O) groups excluding carboxylic acids is 1. The van der Waals surface area contributed by atoms with E-state index >= 15 is 0 Å². The van der Waals surface area contributed by atoms with Crippen molar-refractivity contribution >= 4 is 17.5 Å². The Balaban J connectivity index is 1.83. The van der Waals surface area contributed by atoms with E-state index in [4.69, 9.17) is 4.74 Å². The van der Waals surface area contributed by atoms with Crippen molar-refractivity contribution in [1.82, 2.24) is 0 Å². The number of benzene rings is 3. The number of hydrogen-bond donors (Lipinski definition) is 0. The van der Waals surface area contributed by atoms with Gasteiger partial charge in [-0.15, -0.1) is 0 Å². The Kier molecular flexibility index (Phi) is 5.37. The lowest BCUT2D eigenvalue weighted by Crippen LogP contribution is -1.95. The molecule has 3 aromatic carbocycles. The summed E-state index contributed by atoms with van der Waals surface area (Å²) in [5.41, 5.74) is 0.755. The first kappa shape index (κ1) is 18.0. The van der Waals surface area contributed by atoms with Crippen molar-refractivity contribution in [3.8, 4) is 11.5 Å². The molecule has 0 fully saturated rings. The fourth-order valence-corrected chi connectivity index (χ4v) is 2.37. The van der Waals surface area contributed by atoms with Crippen molar-refractivity contribution in [3.63, 3.8) is 0 Å². The minimum atomic E-state index is -0.574. The summed E-state index contributed by atoms with van der Waals surface area (Å²) in [4.78, 5) is 22.9. The van der Waals surface area contributed by atoms with Crippen LogP contribution < -0.4 is 4.74 Å². The van der Waals surface area contributed by atoms with Crippen LogP contribution in [0.5, 0.6) is 11.5 Å². The molecule has 0 aromatic heterocycles. The van der Waals surface area contributed by atoms with E-state index in [1.54, 1.807) is 30.3 Å². The molecule has 0 N–H and O–H groups in total. The van der Waals surface area contributed by atoms with Gasteiger partial charge in [0, 0.05) is 11.6 Å². The molecule has 0 bridgehead atoms. The predicted molar refractivity (Wildman–Crippen MR) is 99.4 cm³/mol. The topological polar surface area (TPSA) is 69.4 Å². The van der Waals surface area contributed by atoms with Gasteiger partial charge in [0.2, 0.25) is 5.75 Å². The van der Waals surface area contributed by atoms with Crippen molar-refractivity contribution in [2.75, 3.05) is 0 Å². The van der Waals surface area contributed by atoms with E-state index in [1.165, 1.54) is 48.6 Å². The van der Waals surface area contributed by atoms with E-state index in [2.05, 4.69) is 0 Å². The van der Waals surface area contributed by atoms with E-state index in [1.807, 2.05) is 6.07 Å². The Morgan fingerprint density at radius 3 is 2.37 bits per heavy atom. The highest BCUT2D eigenvalue weighted by Gasteiger charge is 2.16. The quantitative estimate of drug-likeness (QED) is 0.254. The zero-order valence-electron chi connectivity index (χ0n) is 14.0. The molecule has 0 amide bonds. The van der Waals surface area contributed by atoms with Gasteiger partial charge in [0.25, 0.3) is 0 Å². The van der Waals surface area contributed by atoms with E-state index in [0.29, 0.717) is 11.1 Å². The maximum atomic E-state index is 13.0. The van der Waals surface area contributed by atoms with E-state index < -0.39 is 10.7 Å². The Labute approximate surface area is 154 Å². The fourth-order valence-electron chi connectivity index (χ4n) is 2.37. The average molecular weight is 363 g/mol. The van der Waals surface area contributed by atoms with E-state index in [0.717, 1.165) is 0 Å². The van der Waals surface area contributed by atoms with Crippen molar-refractivity contribution < 1.29 is 18.8 Å². The van der Waals surface area contributed by atoms with Crippen molar-refractivity contribution in [2.24, 2.45) is 0 Å². The summed E-state index contributed by atoms with van der Waals surface area (Å²) in [6, 6.07) is 18.2. The molecule has 3 rings (SSSR count). The van der Waals surface area contributed by atoms with Crippen LogP contribution >= 0.6 is 0 Å². The first-order valence-corrected chi connectivity index (χ1v) is 8.02. The number of ether oxygens (including phenoxy) is 1. The third-order valence-corrected chi connectivity index (χ3v) is 3.71. The highest BCUT2D eigenvalue weighted by Crippen LogP contribution is 2.32. The number of allylic oxidation sites excluding steroid dienone is 1. The number of nitro benzene ring substituents is 1. The number of nitrogens with zero attached hydrogens (tertiary/aromatic N) is 1. The van der Waals surface area contributed by atoms with Gasteiger partial charge in [0.05, 0.1) is 4.92 Å².